The van der Waals surface area contributed by atoms with E-state index in [1.165, 1.54) is 0 Å². The summed E-state index contributed by atoms with van der Waals surface area (Å²) in [6, 6.07) is 6.46. The number of benzene rings is 1. The van der Waals surface area contributed by atoms with Crippen molar-refractivity contribution in [2.24, 2.45) is 0 Å². The van der Waals surface area contributed by atoms with Gasteiger partial charge >= 0.3 is 5.97 Å². The highest BCUT2D eigenvalue weighted by atomic mass is 79.9. The number of nitrogens with zero attached hydrogens (tertiary/aromatic N) is 1. The van der Waals surface area contributed by atoms with Crippen LogP contribution in [0.5, 0.6) is 5.75 Å². The molecule has 1 aromatic heterocycles. The van der Waals surface area contributed by atoms with Gasteiger partial charge in [0.1, 0.15) is 11.5 Å². The molecular weight excluding hydrogens is 420 g/mol. The Balaban J connectivity index is 1.81. The lowest BCUT2D eigenvalue weighted by Crippen LogP contribution is -2.24. The van der Waals surface area contributed by atoms with Crippen LogP contribution in [0.4, 0.5) is 5.82 Å². The molecule has 1 atom stereocenters. The normalized spacial score (nSPS) is 11.8. The van der Waals surface area contributed by atoms with E-state index in [4.69, 9.17) is 20.9 Å². The molecule has 0 radical (unpaired) electrons. The van der Waals surface area contributed by atoms with Crippen molar-refractivity contribution in [3.63, 3.8) is 0 Å². The first-order valence-corrected chi connectivity index (χ1v) is 9.08. The van der Waals surface area contributed by atoms with Gasteiger partial charge in [-0.3, -0.25) is 9.59 Å². The molecule has 0 saturated carbocycles. The molecule has 2 rings (SSSR count). The summed E-state index contributed by atoms with van der Waals surface area (Å²) in [6.07, 6.45) is 0. The van der Waals surface area contributed by atoms with Gasteiger partial charge in [0.15, 0.2) is 5.82 Å². The third kappa shape index (κ3) is 5.54. The number of carbonyl (C=O) groups is 2. The van der Waals surface area contributed by atoms with E-state index in [2.05, 4.69) is 26.4 Å². The van der Waals surface area contributed by atoms with Gasteiger partial charge < -0.3 is 14.6 Å². The Hall–Kier alpha value is -1.51. The number of ether oxygens (including phenoxy) is 1. The fraction of sp³-hybridized carbons (Fsp3) is 0.267. The molecule has 1 N–H and O–H groups in total. The number of rotatable bonds is 6. The van der Waals surface area contributed by atoms with Gasteiger partial charge in [-0.1, -0.05) is 16.8 Å². The maximum absolute atomic E-state index is 12.0. The lowest BCUT2D eigenvalue weighted by atomic mass is 10.3. The van der Waals surface area contributed by atoms with E-state index in [9.17, 15) is 9.59 Å². The van der Waals surface area contributed by atoms with Crippen LogP contribution >= 0.6 is 39.3 Å². The lowest BCUT2D eigenvalue weighted by Gasteiger charge is -2.10. The Labute approximate surface area is 156 Å². The molecule has 0 aliphatic carbocycles. The molecule has 0 saturated heterocycles. The van der Waals surface area contributed by atoms with Gasteiger partial charge in [-0.2, -0.15) is 0 Å². The number of hydrogen-bond donors (Lipinski definition) is 1. The van der Waals surface area contributed by atoms with Crippen molar-refractivity contribution in [2.45, 2.75) is 19.1 Å². The summed E-state index contributed by atoms with van der Waals surface area (Å²) in [5, 5.41) is 6.37. The Morgan fingerprint density at radius 3 is 2.83 bits per heavy atom. The molecule has 128 valence electrons. The van der Waals surface area contributed by atoms with Crippen molar-refractivity contribution in [3.8, 4) is 5.75 Å². The van der Waals surface area contributed by atoms with Crippen LogP contribution in [0.15, 0.2) is 33.3 Å². The van der Waals surface area contributed by atoms with Crippen molar-refractivity contribution in [2.75, 3.05) is 11.1 Å². The molecule has 0 aliphatic heterocycles. The highest BCUT2D eigenvalue weighted by Gasteiger charge is 2.18. The first kappa shape index (κ1) is 18.8. The third-order valence-electron chi connectivity index (χ3n) is 2.82. The molecule has 24 heavy (non-hydrogen) atoms. The zero-order chi connectivity index (χ0) is 17.7. The van der Waals surface area contributed by atoms with Crippen LogP contribution in [-0.2, 0) is 9.59 Å². The van der Waals surface area contributed by atoms with Gasteiger partial charge in [0.2, 0.25) is 5.91 Å². The SMILES string of the molecule is Cc1cc(NC(=O)C(C)SCC(=O)Oc2ccc(Cl)cc2Br)no1. The fourth-order valence-corrected chi connectivity index (χ4v) is 3.05. The zero-order valence-electron chi connectivity index (χ0n) is 12.8. The molecular formula is C15H14BrClN2O4S. The molecule has 1 unspecified atom stereocenters. The number of anilines is 1. The van der Waals surface area contributed by atoms with Crippen molar-refractivity contribution in [1.82, 2.24) is 5.16 Å². The number of hydrogen-bond acceptors (Lipinski definition) is 6. The van der Waals surface area contributed by atoms with Crippen LogP contribution in [0.1, 0.15) is 12.7 Å². The maximum Gasteiger partial charge on any atom is 0.321 e. The number of amides is 1. The molecule has 6 nitrogen and oxygen atoms in total. The first-order chi connectivity index (χ1) is 11.3. The van der Waals surface area contributed by atoms with Gasteiger partial charge in [0.05, 0.1) is 15.5 Å². The fourth-order valence-electron chi connectivity index (χ4n) is 1.63. The van der Waals surface area contributed by atoms with E-state index < -0.39 is 11.2 Å². The van der Waals surface area contributed by atoms with E-state index >= 15 is 0 Å². The number of esters is 1. The minimum Gasteiger partial charge on any atom is -0.425 e. The number of aryl methyl sites for hydroxylation is 1. The van der Waals surface area contributed by atoms with Gasteiger partial charge in [-0.15, -0.1) is 11.8 Å². The average molecular weight is 434 g/mol. The van der Waals surface area contributed by atoms with E-state index in [1.54, 1.807) is 38.1 Å². The van der Waals surface area contributed by atoms with Crippen LogP contribution in [-0.4, -0.2) is 28.0 Å². The second-order valence-electron chi connectivity index (χ2n) is 4.81. The standard InChI is InChI=1S/C15H14BrClN2O4S/c1-8-5-13(19-23-8)18-15(21)9(2)24-7-14(20)22-12-4-3-10(17)6-11(12)16/h3-6,9H,7H2,1-2H3,(H,18,19,21). The zero-order valence-corrected chi connectivity index (χ0v) is 16.0. The monoisotopic (exact) mass is 432 g/mol. The van der Waals surface area contributed by atoms with Crippen LogP contribution in [0, 0.1) is 6.92 Å². The predicted octanol–water partition coefficient (Wildman–Crippen LogP) is 4.06. The maximum atomic E-state index is 12.0. The summed E-state index contributed by atoms with van der Waals surface area (Å²) in [5.41, 5.74) is 0. The van der Waals surface area contributed by atoms with Gasteiger partial charge in [-0.25, -0.2) is 0 Å². The molecule has 0 spiro atoms. The van der Waals surface area contributed by atoms with E-state index in [1.807, 2.05) is 0 Å². The minimum atomic E-state index is -0.458. The van der Waals surface area contributed by atoms with Crippen molar-refractivity contribution < 1.29 is 18.8 Å². The van der Waals surface area contributed by atoms with Gasteiger partial charge in [0, 0.05) is 11.1 Å². The van der Waals surface area contributed by atoms with E-state index in [0.717, 1.165) is 11.8 Å². The first-order valence-electron chi connectivity index (χ1n) is 6.86. The average Bonchev–Trinajstić information content (AvgIpc) is 2.92. The number of carbonyl (C=O) groups excluding carboxylic acids is 2. The highest BCUT2D eigenvalue weighted by molar-refractivity contribution is 9.10. The molecule has 1 amide bonds. The summed E-state index contributed by atoms with van der Waals surface area (Å²) in [7, 11) is 0. The Bertz CT molecular complexity index is 753. The quantitative estimate of drug-likeness (QED) is 0.546. The summed E-state index contributed by atoms with van der Waals surface area (Å²) < 4.78 is 10.7. The summed E-state index contributed by atoms with van der Waals surface area (Å²) >= 11 is 10.3. The Kier molecular flexibility index (Phi) is 6.70. The van der Waals surface area contributed by atoms with Gasteiger partial charge in [-0.05, 0) is 48.0 Å². The van der Waals surface area contributed by atoms with E-state index in [0.29, 0.717) is 26.8 Å². The number of nitrogens with one attached hydrogen (secondary N) is 1. The second kappa shape index (κ2) is 8.55. The largest absolute Gasteiger partial charge is 0.425 e. The predicted molar refractivity (Wildman–Crippen MR) is 96.6 cm³/mol. The molecule has 9 heteroatoms. The number of halogens is 2. The molecule has 1 aromatic carbocycles. The highest BCUT2D eigenvalue weighted by Crippen LogP contribution is 2.28. The summed E-state index contributed by atoms with van der Waals surface area (Å²) in [6.45, 7) is 3.42. The van der Waals surface area contributed by atoms with E-state index in [-0.39, 0.29) is 11.7 Å². The van der Waals surface area contributed by atoms with Crippen LogP contribution in [0.25, 0.3) is 0 Å². The number of aromatic nitrogens is 1. The topological polar surface area (TPSA) is 81.4 Å². The van der Waals surface area contributed by atoms with Crippen molar-refractivity contribution in [1.29, 1.82) is 0 Å². The Morgan fingerprint density at radius 2 is 2.21 bits per heavy atom. The van der Waals surface area contributed by atoms with Crippen LogP contribution in [0.2, 0.25) is 5.02 Å². The summed E-state index contributed by atoms with van der Waals surface area (Å²) in [5.74, 6) is 0.621. The summed E-state index contributed by atoms with van der Waals surface area (Å²) in [4.78, 5) is 23.9. The van der Waals surface area contributed by atoms with Gasteiger partial charge in [0.25, 0.3) is 0 Å². The smallest absolute Gasteiger partial charge is 0.321 e. The van der Waals surface area contributed by atoms with Crippen molar-refractivity contribution in [3.05, 3.63) is 39.5 Å². The molecule has 0 fully saturated rings. The third-order valence-corrected chi connectivity index (χ3v) is 4.79. The molecule has 0 bridgehead atoms. The Morgan fingerprint density at radius 1 is 1.46 bits per heavy atom. The van der Waals surface area contributed by atoms with Crippen LogP contribution in [0.3, 0.4) is 0 Å². The molecule has 1 heterocycles. The van der Waals surface area contributed by atoms with Crippen LogP contribution < -0.4 is 10.1 Å². The number of thioether (sulfide) groups is 1. The lowest BCUT2D eigenvalue weighted by molar-refractivity contribution is -0.131. The molecule has 0 aliphatic rings. The second-order valence-corrected chi connectivity index (χ2v) is 7.43. The minimum absolute atomic E-state index is 0.0293. The van der Waals surface area contributed by atoms with Crippen molar-refractivity contribution >= 4 is 57.0 Å². The molecule has 2 aromatic rings.